The molecule has 1 saturated heterocycles. The zero-order valence-corrected chi connectivity index (χ0v) is 13.7. The predicted molar refractivity (Wildman–Crippen MR) is 94.0 cm³/mol. The topological polar surface area (TPSA) is 84.1 Å². The van der Waals surface area contributed by atoms with Gasteiger partial charge in [0.05, 0.1) is 11.4 Å². The Hall–Kier alpha value is -2.80. The van der Waals surface area contributed by atoms with Crippen molar-refractivity contribution in [2.45, 2.75) is 6.04 Å². The molecule has 7 heteroatoms. The lowest BCUT2D eigenvalue weighted by atomic mass is 9.88. The molecule has 0 aliphatic carbocycles. The Kier molecular flexibility index (Phi) is 3.45. The van der Waals surface area contributed by atoms with Crippen LogP contribution in [0.5, 0.6) is 11.5 Å². The normalized spacial score (nSPS) is 17.9. The van der Waals surface area contributed by atoms with E-state index >= 15 is 0 Å². The summed E-state index contributed by atoms with van der Waals surface area (Å²) < 4.78 is 11.4. The number of fused-ring (bicyclic) bond motifs is 2. The molecule has 5 rings (SSSR count). The number of nitrogens with one attached hydrogen (secondary N) is 3. The standard InChI is InChI=1S/C18H19N5O2/c1-2-14-15(25-6-5-24-14)7-11(1)16(12-8-19-9-12)23-18-13-3-4-20-17(13)21-10-22-18/h1-4,7,10,12,16,19H,5-6,8-9H2,(H2,20,21,22,23)/t16-/m0/s1. The van der Waals surface area contributed by atoms with Crippen LogP contribution in [0.4, 0.5) is 5.82 Å². The average Bonchev–Trinajstić information content (AvgIpc) is 3.09. The molecule has 2 aliphatic heterocycles. The van der Waals surface area contributed by atoms with E-state index in [0.29, 0.717) is 19.1 Å². The quantitative estimate of drug-likeness (QED) is 0.676. The lowest BCUT2D eigenvalue weighted by Crippen LogP contribution is -2.47. The molecule has 7 nitrogen and oxygen atoms in total. The van der Waals surface area contributed by atoms with Crippen LogP contribution in [-0.4, -0.2) is 41.3 Å². The lowest BCUT2D eigenvalue weighted by Gasteiger charge is -2.36. The molecule has 1 aromatic carbocycles. The van der Waals surface area contributed by atoms with E-state index in [0.717, 1.165) is 41.4 Å². The number of benzene rings is 1. The van der Waals surface area contributed by atoms with E-state index in [1.54, 1.807) is 6.33 Å². The highest BCUT2D eigenvalue weighted by atomic mass is 16.6. The van der Waals surface area contributed by atoms with E-state index in [9.17, 15) is 0 Å². The molecule has 0 radical (unpaired) electrons. The van der Waals surface area contributed by atoms with Crippen molar-refractivity contribution >= 4 is 16.9 Å². The van der Waals surface area contributed by atoms with Crippen molar-refractivity contribution in [3.8, 4) is 11.5 Å². The van der Waals surface area contributed by atoms with Crippen molar-refractivity contribution in [2.75, 3.05) is 31.6 Å². The van der Waals surface area contributed by atoms with Crippen LogP contribution in [0.25, 0.3) is 11.0 Å². The number of H-pyrrole nitrogens is 1. The van der Waals surface area contributed by atoms with E-state index in [1.807, 2.05) is 18.3 Å². The molecule has 128 valence electrons. The van der Waals surface area contributed by atoms with Gasteiger partial charge < -0.3 is 25.1 Å². The fourth-order valence-electron chi connectivity index (χ4n) is 3.41. The molecular weight excluding hydrogens is 318 g/mol. The number of hydrogen-bond donors (Lipinski definition) is 3. The highest BCUT2D eigenvalue weighted by Crippen LogP contribution is 2.37. The maximum Gasteiger partial charge on any atom is 0.161 e. The van der Waals surface area contributed by atoms with Crippen LogP contribution in [0, 0.1) is 5.92 Å². The van der Waals surface area contributed by atoms with E-state index in [-0.39, 0.29) is 6.04 Å². The van der Waals surface area contributed by atoms with Crippen molar-refractivity contribution < 1.29 is 9.47 Å². The van der Waals surface area contributed by atoms with Gasteiger partial charge in [0.15, 0.2) is 11.5 Å². The number of nitrogens with zero attached hydrogens (tertiary/aromatic N) is 2. The second-order valence-electron chi connectivity index (χ2n) is 6.41. The van der Waals surface area contributed by atoms with Gasteiger partial charge in [-0.2, -0.15) is 0 Å². The Morgan fingerprint density at radius 2 is 1.96 bits per heavy atom. The summed E-state index contributed by atoms with van der Waals surface area (Å²) in [5.41, 5.74) is 2.02. The van der Waals surface area contributed by atoms with E-state index < -0.39 is 0 Å². The Bertz CT molecular complexity index is 905. The third-order valence-electron chi connectivity index (χ3n) is 4.86. The summed E-state index contributed by atoms with van der Waals surface area (Å²) in [6.07, 6.45) is 3.47. The maximum absolute atomic E-state index is 5.75. The summed E-state index contributed by atoms with van der Waals surface area (Å²) in [4.78, 5) is 11.8. The van der Waals surface area contributed by atoms with Crippen molar-refractivity contribution in [1.82, 2.24) is 20.3 Å². The van der Waals surface area contributed by atoms with Gasteiger partial charge in [-0.1, -0.05) is 6.07 Å². The van der Waals surface area contributed by atoms with Gasteiger partial charge in [-0.3, -0.25) is 0 Å². The second-order valence-corrected chi connectivity index (χ2v) is 6.41. The van der Waals surface area contributed by atoms with Crippen LogP contribution in [0.1, 0.15) is 11.6 Å². The number of rotatable bonds is 4. The van der Waals surface area contributed by atoms with Crippen LogP contribution in [0.3, 0.4) is 0 Å². The lowest BCUT2D eigenvalue weighted by molar-refractivity contribution is 0.171. The summed E-state index contributed by atoms with van der Waals surface area (Å²) in [5.74, 6) is 2.97. The van der Waals surface area contributed by atoms with E-state index in [2.05, 4.69) is 37.7 Å². The summed E-state index contributed by atoms with van der Waals surface area (Å²) in [7, 11) is 0. The SMILES string of the molecule is c1nc(N[C@@H](c2ccc3c(c2)OCCO3)C2CNC2)c2cc[nH]c2n1. The Labute approximate surface area is 144 Å². The van der Waals surface area contributed by atoms with Gasteiger partial charge >= 0.3 is 0 Å². The molecule has 0 saturated carbocycles. The molecule has 4 heterocycles. The average molecular weight is 337 g/mol. The molecular formula is C18H19N5O2. The smallest absolute Gasteiger partial charge is 0.161 e. The predicted octanol–water partition coefficient (Wildman–Crippen LogP) is 2.10. The first kappa shape index (κ1) is 14.5. The molecule has 1 fully saturated rings. The van der Waals surface area contributed by atoms with Gasteiger partial charge in [-0.15, -0.1) is 0 Å². The summed E-state index contributed by atoms with van der Waals surface area (Å²) >= 11 is 0. The minimum atomic E-state index is 0.144. The van der Waals surface area contributed by atoms with Gasteiger partial charge in [0, 0.05) is 25.2 Å². The van der Waals surface area contributed by atoms with Crippen LogP contribution in [0.15, 0.2) is 36.8 Å². The van der Waals surface area contributed by atoms with Gasteiger partial charge in [0.2, 0.25) is 0 Å². The van der Waals surface area contributed by atoms with Crippen LogP contribution >= 0.6 is 0 Å². The number of hydrogen-bond acceptors (Lipinski definition) is 6. The third kappa shape index (κ3) is 2.56. The van der Waals surface area contributed by atoms with Crippen LogP contribution in [-0.2, 0) is 0 Å². The first-order chi connectivity index (χ1) is 12.4. The Morgan fingerprint density at radius 3 is 2.80 bits per heavy atom. The van der Waals surface area contributed by atoms with E-state index in [4.69, 9.17) is 9.47 Å². The van der Waals surface area contributed by atoms with Crippen molar-refractivity contribution in [1.29, 1.82) is 0 Å². The zero-order chi connectivity index (χ0) is 16.6. The van der Waals surface area contributed by atoms with Gasteiger partial charge in [-0.05, 0) is 23.8 Å². The minimum Gasteiger partial charge on any atom is -0.486 e. The van der Waals surface area contributed by atoms with Gasteiger partial charge in [0.1, 0.15) is 31.0 Å². The third-order valence-corrected chi connectivity index (χ3v) is 4.86. The van der Waals surface area contributed by atoms with Gasteiger partial charge in [-0.25, -0.2) is 9.97 Å². The van der Waals surface area contributed by atoms with Crippen LogP contribution < -0.4 is 20.1 Å². The van der Waals surface area contributed by atoms with Crippen molar-refractivity contribution in [3.05, 3.63) is 42.4 Å². The highest BCUT2D eigenvalue weighted by Gasteiger charge is 2.30. The summed E-state index contributed by atoms with van der Waals surface area (Å²) in [6.45, 7) is 3.16. The fourth-order valence-corrected chi connectivity index (χ4v) is 3.41. The summed E-state index contributed by atoms with van der Waals surface area (Å²) in [6, 6.07) is 8.33. The van der Waals surface area contributed by atoms with Crippen molar-refractivity contribution in [2.24, 2.45) is 5.92 Å². The molecule has 0 amide bonds. The Morgan fingerprint density at radius 1 is 1.08 bits per heavy atom. The fraction of sp³-hybridized carbons (Fsp3) is 0.333. The first-order valence-electron chi connectivity index (χ1n) is 8.53. The molecule has 3 N–H and O–H groups in total. The molecule has 0 spiro atoms. The maximum atomic E-state index is 5.75. The molecule has 0 bridgehead atoms. The Balaban J connectivity index is 1.51. The molecule has 3 aromatic rings. The van der Waals surface area contributed by atoms with E-state index in [1.165, 1.54) is 5.56 Å². The zero-order valence-electron chi connectivity index (χ0n) is 13.7. The monoisotopic (exact) mass is 337 g/mol. The summed E-state index contributed by atoms with van der Waals surface area (Å²) in [5, 5.41) is 7.98. The van der Waals surface area contributed by atoms with Gasteiger partial charge in [0.25, 0.3) is 0 Å². The molecule has 0 unspecified atom stereocenters. The largest absolute Gasteiger partial charge is 0.486 e. The number of anilines is 1. The molecule has 1 atom stereocenters. The minimum absolute atomic E-state index is 0.144. The molecule has 2 aliphatic rings. The van der Waals surface area contributed by atoms with Crippen molar-refractivity contribution in [3.63, 3.8) is 0 Å². The highest BCUT2D eigenvalue weighted by molar-refractivity contribution is 5.86. The first-order valence-corrected chi connectivity index (χ1v) is 8.53. The van der Waals surface area contributed by atoms with Crippen LogP contribution in [0.2, 0.25) is 0 Å². The number of aromatic amines is 1. The second kappa shape index (κ2) is 5.93. The number of aromatic nitrogens is 3. The molecule has 25 heavy (non-hydrogen) atoms. The number of ether oxygens (including phenoxy) is 2. The molecule has 2 aromatic heterocycles.